The first-order valence-electron chi connectivity index (χ1n) is 9.40. The Morgan fingerprint density at radius 3 is 2.92 bits per heavy atom. The molecule has 25 heavy (non-hydrogen) atoms. The lowest BCUT2D eigenvalue weighted by Gasteiger charge is -2.27. The van der Waals surface area contributed by atoms with E-state index in [9.17, 15) is 0 Å². The molecule has 0 amide bonds. The van der Waals surface area contributed by atoms with Crippen molar-refractivity contribution < 1.29 is 0 Å². The molecule has 1 aliphatic rings. The summed E-state index contributed by atoms with van der Waals surface area (Å²) in [6, 6.07) is 4.30. The zero-order valence-corrected chi connectivity index (χ0v) is 14.5. The van der Waals surface area contributed by atoms with E-state index in [0.717, 1.165) is 34.6 Å². The first kappa shape index (κ1) is 16.1. The monoisotopic (exact) mass is 336 g/mol. The number of H-pyrrole nitrogens is 1. The molecule has 3 aromatic heterocycles. The summed E-state index contributed by atoms with van der Waals surface area (Å²) in [4.78, 5) is 7.56. The number of rotatable bonds is 6. The molecular weight excluding hydrogens is 312 g/mol. The summed E-state index contributed by atoms with van der Waals surface area (Å²) in [5.74, 6) is 1.35. The largest absolute Gasteiger partial charge is 0.346 e. The average Bonchev–Trinajstić information content (AvgIpc) is 3.28. The van der Waals surface area contributed by atoms with Gasteiger partial charge in [-0.05, 0) is 44.1 Å². The number of hydrogen-bond acceptors (Lipinski definition) is 4. The van der Waals surface area contributed by atoms with Gasteiger partial charge in [-0.3, -0.25) is 0 Å². The van der Waals surface area contributed by atoms with Gasteiger partial charge in [-0.15, -0.1) is 5.10 Å². The van der Waals surface area contributed by atoms with Crippen molar-refractivity contribution in [3.63, 3.8) is 0 Å². The summed E-state index contributed by atoms with van der Waals surface area (Å²) < 4.78 is 1.81. The van der Waals surface area contributed by atoms with Crippen molar-refractivity contribution in [1.82, 2.24) is 24.8 Å². The molecule has 1 aliphatic carbocycles. The number of aromatic nitrogens is 5. The van der Waals surface area contributed by atoms with Gasteiger partial charge < -0.3 is 4.98 Å². The zero-order valence-electron chi connectivity index (χ0n) is 14.5. The summed E-state index contributed by atoms with van der Waals surface area (Å²) in [6.45, 7) is 0. The van der Waals surface area contributed by atoms with Gasteiger partial charge in [0.1, 0.15) is 17.5 Å². The van der Waals surface area contributed by atoms with Crippen LogP contribution in [0.15, 0.2) is 18.6 Å². The molecule has 0 saturated heterocycles. The van der Waals surface area contributed by atoms with Gasteiger partial charge in [-0.25, -0.2) is 9.50 Å². The van der Waals surface area contributed by atoms with Crippen LogP contribution in [0.3, 0.4) is 0 Å². The van der Waals surface area contributed by atoms with Crippen LogP contribution in [0.2, 0.25) is 0 Å². The lowest BCUT2D eigenvalue weighted by molar-refractivity contribution is 0.300. The maximum Gasteiger partial charge on any atom is 0.141 e. The van der Waals surface area contributed by atoms with Crippen LogP contribution >= 0.6 is 0 Å². The molecule has 6 heteroatoms. The van der Waals surface area contributed by atoms with Crippen LogP contribution in [0.4, 0.5) is 0 Å². The lowest BCUT2D eigenvalue weighted by atomic mass is 9.78. The molecule has 0 aromatic carbocycles. The molecule has 0 spiro atoms. The third-order valence-electron chi connectivity index (χ3n) is 5.63. The summed E-state index contributed by atoms with van der Waals surface area (Å²) in [5, 5.41) is 18.5. The Kier molecular flexibility index (Phi) is 4.64. The fourth-order valence-corrected chi connectivity index (χ4v) is 4.23. The van der Waals surface area contributed by atoms with E-state index in [1.165, 1.54) is 44.9 Å². The van der Waals surface area contributed by atoms with Crippen LogP contribution in [-0.4, -0.2) is 24.8 Å². The number of nitrogens with zero attached hydrogens (tertiary/aromatic N) is 5. The number of nitrogens with one attached hydrogen (secondary N) is 1. The predicted molar refractivity (Wildman–Crippen MR) is 96.0 cm³/mol. The maximum absolute atomic E-state index is 8.59. The molecule has 0 unspecified atom stereocenters. The van der Waals surface area contributed by atoms with Crippen LogP contribution in [-0.2, 0) is 0 Å². The Bertz CT molecular complexity index is 878. The average molecular weight is 336 g/mol. The maximum atomic E-state index is 8.59. The van der Waals surface area contributed by atoms with E-state index in [-0.39, 0.29) is 0 Å². The van der Waals surface area contributed by atoms with E-state index in [2.05, 4.69) is 32.4 Å². The minimum atomic E-state index is 0.507. The Hall–Kier alpha value is -2.42. The van der Waals surface area contributed by atoms with Crippen LogP contribution < -0.4 is 0 Å². The van der Waals surface area contributed by atoms with Crippen LogP contribution in [0.25, 0.3) is 16.6 Å². The Labute approximate surface area is 147 Å². The van der Waals surface area contributed by atoms with Gasteiger partial charge in [0.15, 0.2) is 0 Å². The first-order chi connectivity index (χ1) is 12.4. The molecule has 0 bridgehead atoms. The molecule has 0 atom stereocenters. The molecule has 3 heterocycles. The van der Waals surface area contributed by atoms with Gasteiger partial charge in [0.05, 0.1) is 11.8 Å². The lowest BCUT2D eigenvalue weighted by Crippen LogP contribution is -2.14. The standard InChI is InChI=1S/C19H24N6/c20-11-4-2-1-3-5-14-6-8-15(9-7-14)17-18-16-10-12-21-19(16)22-13-25(18)24-23-17/h10,12-15,21H,1-9H2. The fraction of sp³-hybridized carbons (Fsp3) is 0.579. The summed E-state index contributed by atoms with van der Waals surface area (Å²) in [5.41, 5.74) is 3.16. The fourth-order valence-electron chi connectivity index (χ4n) is 4.23. The van der Waals surface area contributed by atoms with Gasteiger partial charge >= 0.3 is 0 Å². The van der Waals surface area contributed by atoms with Crippen LogP contribution in [0.5, 0.6) is 0 Å². The van der Waals surface area contributed by atoms with Gasteiger partial charge in [-0.2, -0.15) is 5.26 Å². The molecule has 0 radical (unpaired) electrons. The Balaban J connectivity index is 1.40. The molecule has 4 rings (SSSR count). The highest BCUT2D eigenvalue weighted by Crippen LogP contribution is 2.39. The van der Waals surface area contributed by atoms with Crippen molar-refractivity contribution in [2.45, 2.75) is 63.7 Å². The van der Waals surface area contributed by atoms with E-state index in [4.69, 9.17) is 5.26 Å². The number of nitriles is 1. The molecule has 6 nitrogen and oxygen atoms in total. The molecule has 3 aromatic rings. The Morgan fingerprint density at radius 2 is 2.08 bits per heavy atom. The first-order valence-corrected chi connectivity index (χ1v) is 9.40. The van der Waals surface area contributed by atoms with Gasteiger partial charge in [0, 0.05) is 23.9 Å². The molecule has 1 N–H and O–H groups in total. The van der Waals surface area contributed by atoms with Gasteiger partial charge in [-0.1, -0.05) is 24.5 Å². The Morgan fingerprint density at radius 1 is 1.20 bits per heavy atom. The predicted octanol–water partition coefficient (Wildman–Crippen LogP) is 4.35. The highest BCUT2D eigenvalue weighted by molar-refractivity contribution is 5.92. The second-order valence-corrected chi connectivity index (χ2v) is 7.23. The van der Waals surface area contributed by atoms with Crippen molar-refractivity contribution in [2.24, 2.45) is 5.92 Å². The van der Waals surface area contributed by atoms with E-state index in [0.29, 0.717) is 12.3 Å². The van der Waals surface area contributed by atoms with Crippen molar-refractivity contribution in [3.05, 3.63) is 24.3 Å². The van der Waals surface area contributed by atoms with Gasteiger partial charge in [0.25, 0.3) is 0 Å². The smallest absolute Gasteiger partial charge is 0.141 e. The minimum Gasteiger partial charge on any atom is -0.346 e. The van der Waals surface area contributed by atoms with E-state index in [1.54, 1.807) is 6.33 Å². The van der Waals surface area contributed by atoms with E-state index >= 15 is 0 Å². The molecule has 1 fully saturated rings. The molecule has 130 valence electrons. The summed E-state index contributed by atoms with van der Waals surface area (Å²) in [6.07, 6.45) is 14.2. The molecule has 1 saturated carbocycles. The van der Waals surface area contributed by atoms with Crippen molar-refractivity contribution in [1.29, 1.82) is 5.26 Å². The summed E-state index contributed by atoms with van der Waals surface area (Å²) in [7, 11) is 0. The highest BCUT2D eigenvalue weighted by atomic mass is 15.4. The minimum absolute atomic E-state index is 0.507. The molecular formula is C19H24N6. The SMILES string of the molecule is N#CCCCCCC1CCC(c2nnn3cnc4[nH]ccc4c23)CC1. The third kappa shape index (κ3) is 3.23. The number of fused-ring (bicyclic) bond motifs is 3. The second kappa shape index (κ2) is 7.22. The van der Waals surface area contributed by atoms with Crippen LogP contribution in [0, 0.1) is 17.2 Å². The van der Waals surface area contributed by atoms with Crippen LogP contribution in [0.1, 0.15) is 69.4 Å². The zero-order chi connectivity index (χ0) is 17.1. The van der Waals surface area contributed by atoms with E-state index < -0.39 is 0 Å². The topological polar surface area (TPSA) is 82.7 Å². The number of aromatic amines is 1. The van der Waals surface area contributed by atoms with Crippen molar-refractivity contribution in [2.75, 3.05) is 0 Å². The number of hydrogen-bond donors (Lipinski definition) is 1. The number of unbranched alkanes of at least 4 members (excludes halogenated alkanes) is 3. The third-order valence-corrected chi connectivity index (χ3v) is 5.63. The summed E-state index contributed by atoms with van der Waals surface area (Å²) >= 11 is 0. The van der Waals surface area contributed by atoms with Gasteiger partial charge in [0.2, 0.25) is 0 Å². The van der Waals surface area contributed by atoms with Crippen molar-refractivity contribution >= 4 is 16.6 Å². The second-order valence-electron chi connectivity index (χ2n) is 7.23. The quantitative estimate of drug-likeness (QED) is 0.678. The molecule has 0 aliphatic heterocycles. The van der Waals surface area contributed by atoms with Crippen molar-refractivity contribution in [3.8, 4) is 6.07 Å². The highest BCUT2D eigenvalue weighted by Gasteiger charge is 2.26. The normalized spacial score (nSPS) is 20.9. The van der Waals surface area contributed by atoms with E-state index in [1.807, 2.05) is 10.7 Å².